The van der Waals surface area contributed by atoms with Gasteiger partial charge >= 0.3 is 0 Å². The van der Waals surface area contributed by atoms with E-state index in [1.807, 2.05) is 13.8 Å². The van der Waals surface area contributed by atoms with Crippen LogP contribution in [0.5, 0.6) is 0 Å². The highest BCUT2D eigenvalue weighted by molar-refractivity contribution is 7.85. The van der Waals surface area contributed by atoms with Crippen molar-refractivity contribution in [1.82, 2.24) is 0 Å². The molecule has 0 bridgehead atoms. The summed E-state index contributed by atoms with van der Waals surface area (Å²) in [5.41, 5.74) is 0. The molecular formula is C5H10O3S. The highest BCUT2D eigenvalue weighted by Crippen LogP contribution is 1.60. The van der Waals surface area contributed by atoms with Crippen molar-refractivity contribution in [3.05, 3.63) is 0 Å². The molecule has 0 amide bonds. The zero-order chi connectivity index (χ0) is 7.91. The van der Waals surface area contributed by atoms with Gasteiger partial charge in [-0.3, -0.25) is 4.55 Å². The summed E-state index contributed by atoms with van der Waals surface area (Å²) >= 11 is 0. The van der Waals surface area contributed by atoms with Gasteiger partial charge in [-0.25, -0.2) is 0 Å². The highest BCUT2D eigenvalue weighted by Gasteiger charge is 1.81. The Morgan fingerprint density at radius 1 is 1.22 bits per heavy atom. The van der Waals surface area contributed by atoms with Gasteiger partial charge < -0.3 is 0 Å². The van der Waals surface area contributed by atoms with E-state index in [2.05, 4.69) is 11.8 Å². The average molecular weight is 150 g/mol. The van der Waals surface area contributed by atoms with Gasteiger partial charge in [0, 0.05) is 0 Å². The summed E-state index contributed by atoms with van der Waals surface area (Å²) in [6, 6.07) is 0. The van der Waals surface area contributed by atoms with E-state index < -0.39 is 10.1 Å². The van der Waals surface area contributed by atoms with E-state index in [1.54, 1.807) is 0 Å². The minimum Gasteiger partial charge on any atom is -0.286 e. The van der Waals surface area contributed by atoms with Crippen molar-refractivity contribution in [3.8, 4) is 11.8 Å². The molecule has 0 aliphatic carbocycles. The predicted octanol–water partition coefficient (Wildman–Crippen LogP) is 0.534. The minimum atomic E-state index is -3.67. The molecule has 0 saturated carbocycles. The van der Waals surface area contributed by atoms with E-state index >= 15 is 0 Å². The van der Waals surface area contributed by atoms with Crippen LogP contribution in [0.4, 0.5) is 0 Å². The molecule has 0 heterocycles. The smallest absolute Gasteiger partial charge is 0.261 e. The third kappa shape index (κ3) is 1010. The Bertz CT molecular complexity index is 178. The molecule has 9 heavy (non-hydrogen) atoms. The SMILES string of the molecule is CC#CC.CS(=O)(=O)O. The summed E-state index contributed by atoms with van der Waals surface area (Å²) in [5, 5.41) is 0. The summed E-state index contributed by atoms with van der Waals surface area (Å²) in [6.45, 7) is 3.64. The van der Waals surface area contributed by atoms with Crippen molar-refractivity contribution in [2.45, 2.75) is 13.8 Å². The summed E-state index contributed by atoms with van der Waals surface area (Å²) in [6.07, 6.45) is 0.715. The molecule has 1 N–H and O–H groups in total. The van der Waals surface area contributed by atoms with Gasteiger partial charge in [0.25, 0.3) is 10.1 Å². The monoisotopic (exact) mass is 150 g/mol. The lowest BCUT2D eigenvalue weighted by molar-refractivity contribution is 0.490. The first-order valence-corrected chi connectivity index (χ1v) is 4.02. The molecule has 0 aliphatic heterocycles. The molecule has 0 atom stereocenters. The van der Waals surface area contributed by atoms with Crippen LogP contribution in [-0.2, 0) is 10.1 Å². The van der Waals surface area contributed by atoms with E-state index in [0.29, 0.717) is 6.26 Å². The topological polar surface area (TPSA) is 54.4 Å². The molecule has 3 nitrogen and oxygen atoms in total. The van der Waals surface area contributed by atoms with Gasteiger partial charge in [0.1, 0.15) is 0 Å². The average Bonchev–Trinajstić information content (AvgIpc) is 1.61. The van der Waals surface area contributed by atoms with Crippen molar-refractivity contribution >= 4 is 10.1 Å². The van der Waals surface area contributed by atoms with Crippen molar-refractivity contribution in [1.29, 1.82) is 0 Å². The van der Waals surface area contributed by atoms with Crippen molar-refractivity contribution in [3.63, 3.8) is 0 Å². The van der Waals surface area contributed by atoms with Gasteiger partial charge in [-0.1, -0.05) is 0 Å². The van der Waals surface area contributed by atoms with Crippen LogP contribution in [0.2, 0.25) is 0 Å². The van der Waals surface area contributed by atoms with Gasteiger partial charge in [-0.2, -0.15) is 8.42 Å². The molecule has 0 saturated heterocycles. The van der Waals surface area contributed by atoms with Gasteiger partial charge in [0.05, 0.1) is 6.26 Å². The van der Waals surface area contributed by atoms with Crippen LogP contribution in [0.25, 0.3) is 0 Å². The van der Waals surface area contributed by atoms with Gasteiger partial charge in [-0.15, -0.1) is 11.8 Å². The lowest BCUT2D eigenvalue weighted by atomic mass is 10.7. The zero-order valence-corrected chi connectivity index (χ0v) is 6.49. The summed E-state index contributed by atoms with van der Waals surface area (Å²) in [7, 11) is -3.67. The Kier molecular flexibility index (Phi) is 7.03. The first-order chi connectivity index (χ1) is 3.91. The van der Waals surface area contributed by atoms with Gasteiger partial charge in [0.2, 0.25) is 0 Å². The normalized spacial score (nSPS) is 8.00. The van der Waals surface area contributed by atoms with E-state index in [1.165, 1.54) is 0 Å². The Balaban J connectivity index is 0. The molecule has 0 unspecified atom stereocenters. The second-order valence-corrected chi connectivity index (χ2v) is 2.70. The van der Waals surface area contributed by atoms with Crippen LogP contribution < -0.4 is 0 Å². The molecular weight excluding hydrogens is 140 g/mol. The van der Waals surface area contributed by atoms with Crippen LogP contribution in [-0.4, -0.2) is 19.2 Å². The third-order valence-corrected chi connectivity index (χ3v) is 0.250. The van der Waals surface area contributed by atoms with Crippen LogP contribution in [0, 0.1) is 11.8 Å². The summed E-state index contributed by atoms with van der Waals surface area (Å²) in [4.78, 5) is 0. The molecule has 0 rings (SSSR count). The van der Waals surface area contributed by atoms with Crippen LogP contribution in [0.3, 0.4) is 0 Å². The highest BCUT2D eigenvalue weighted by atomic mass is 32.2. The van der Waals surface area contributed by atoms with Crippen molar-refractivity contribution < 1.29 is 13.0 Å². The molecule has 0 spiro atoms. The number of hydrogen-bond acceptors (Lipinski definition) is 2. The molecule has 4 heteroatoms. The largest absolute Gasteiger partial charge is 0.286 e. The lowest BCUT2D eigenvalue weighted by Gasteiger charge is -1.69. The molecule has 54 valence electrons. The minimum absolute atomic E-state index is 0.715. The molecule has 0 radical (unpaired) electrons. The quantitative estimate of drug-likeness (QED) is 0.405. The fraction of sp³-hybridized carbons (Fsp3) is 0.600. The Morgan fingerprint density at radius 2 is 1.33 bits per heavy atom. The van der Waals surface area contributed by atoms with Crippen molar-refractivity contribution in [2.75, 3.05) is 6.26 Å². The van der Waals surface area contributed by atoms with E-state index in [4.69, 9.17) is 4.55 Å². The molecule has 0 aliphatic rings. The molecule has 0 aromatic heterocycles. The lowest BCUT2D eigenvalue weighted by Crippen LogP contribution is -1.88. The Labute approximate surface area is 55.8 Å². The first-order valence-electron chi connectivity index (χ1n) is 2.17. The van der Waals surface area contributed by atoms with Gasteiger partial charge in [-0.05, 0) is 13.8 Å². The molecule has 0 aromatic rings. The molecule has 0 aromatic carbocycles. The van der Waals surface area contributed by atoms with Crippen LogP contribution in [0.1, 0.15) is 13.8 Å². The molecule has 0 fully saturated rings. The van der Waals surface area contributed by atoms with Crippen LogP contribution >= 0.6 is 0 Å². The first kappa shape index (κ1) is 11.3. The second-order valence-electron chi connectivity index (χ2n) is 1.23. The third-order valence-electron chi connectivity index (χ3n) is 0.250. The summed E-state index contributed by atoms with van der Waals surface area (Å²) in [5.74, 6) is 5.36. The maximum absolute atomic E-state index is 9.19. The Hall–Kier alpha value is -0.530. The van der Waals surface area contributed by atoms with Gasteiger partial charge in [0.15, 0.2) is 0 Å². The van der Waals surface area contributed by atoms with Crippen LogP contribution in [0.15, 0.2) is 0 Å². The standard InChI is InChI=1S/C4H6.CH4O3S/c1-3-4-2;1-5(2,3)4/h1-2H3;1H3,(H,2,3,4). The predicted molar refractivity (Wildman–Crippen MR) is 36.6 cm³/mol. The number of hydrogen-bond donors (Lipinski definition) is 1. The fourth-order valence-corrected chi connectivity index (χ4v) is 0. The van der Waals surface area contributed by atoms with E-state index in [-0.39, 0.29) is 0 Å². The van der Waals surface area contributed by atoms with E-state index in [9.17, 15) is 8.42 Å². The maximum atomic E-state index is 9.19. The maximum Gasteiger partial charge on any atom is 0.261 e. The number of rotatable bonds is 0. The second kappa shape index (κ2) is 5.60. The summed E-state index contributed by atoms with van der Waals surface area (Å²) < 4.78 is 25.9. The zero-order valence-electron chi connectivity index (χ0n) is 5.67. The fourth-order valence-electron chi connectivity index (χ4n) is 0. The van der Waals surface area contributed by atoms with E-state index in [0.717, 1.165) is 0 Å². The van der Waals surface area contributed by atoms with Crippen molar-refractivity contribution in [2.24, 2.45) is 0 Å². The Morgan fingerprint density at radius 3 is 1.33 bits per heavy atom.